The molecule has 1 aliphatic heterocycles. The van der Waals surface area contributed by atoms with Gasteiger partial charge in [-0.3, -0.25) is 0 Å². The SMILES string of the molecule is CCc1ccc2c(C3(c4c(C)n(CC)c5ccccc45)OC(=O)c4ccccc43)c(-c3ccccc3)c(C)n2c1. The highest BCUT2D eigenvalue weighted by molar-refractivity contribution is 6.01. The number of fused-ring (bicyclic) bond motifs is 3. The predicted molar refractivity (Wildman–Crippen MR) is 161 cm³/mol. The van der Waals surface area contributed by atoms with Gasteiger partial charge < -0.3 is 13.7 Å². The number of hydrogen-bond acceptors (Lipinski definition) is 2. The van der Waals surface area contributed by atoms with Crippen LogP contribution in [0.2, 0.25) is 0 Å². The summed E-state index contributed by atoms with van der Waals surface area (Å²) >= 11 is 0. The summed E-state index contributed by atoms with van der Waals surface area (Å²) in [4.78, 5) is 13.8. The summed E-state index contributed by atoms with van der Waals surface area (Å²) in [5.41, 5.74) is 10.3. The molecule has 0 amide bonds. The van der Waals surface area contributed by atoms with Crippen molar-refractivity contribution in [2.45, 2.75) is 46.3 Å². The largest absolute Gasteiger partial charge is 0.440 e. The van der Waals surface area contributed by atoms with Gasteiger partial charge in [-0.25, -0.2) is 4.79 Å². The molecule has 0 saturated carbocycles. The smallest absolute Gasteiger partial charge is 0.340 e. The highest BCUT2D eigenvalue weighted by Crippen LogP contribution is 2.55. The number of rotatable bonds is 5. The van der Waals surface area contributed by atoms with Crippen molar-refractivity contribution in [1.29, 1.82) is 0 Å². The number of esters is 1. The summed E-state index contributed by atoms with van der Waals surface area (Å²) < 4.78 is 11.4. The summed E-state index contributed by atoms with van der Waals surface area (Å²) in [5, 5.41) is 1.10. The molecule has 6 aromatic rings. The Morgan fingerprint density at radius 2 is 1.48 bits per heavy atom. The van der Waals surface area contributed by atoms with Crippen molar-refractivity contribution in [3.63, 3.8) is 0 Å². The molecular weight excluding hydrogens is 492 g/mol. The van der Waals surface area contributed by atoms with Crippen LogP contribution >= 0.6 is 0 Å². The average Bonchev–Trinajstić information content (AvgIpc) is 3.57. The zero-order valence-corrected chi connectivity index (χ0v) is 23.4. The molecule has 1 aliphatic rings. The summed E-state index contributed by atoms with van der Waals surface area (Å²) in [7, 11) is 0. The third-order valence-electron chi connectivity index (χ3n) is 8.73. The Hall–Kier alpha value is -4.57. The molecule has 0 aliphatic carbocycles. The molecule has 40 heavy (non-hydrogen) atoms. The normalized spacial score (nSPS) is 16.6. The molecule has 4 heterocycles. The van der Waals surface area contributed by atoms with Crippen LogP contribution in [0.3, 0.4) is 0 Å². The van der Waals surface area contributed by atoms with E-state index in [0.717, 1.165) is 68.6 Å². The van der Waals surface area contributed by atoms with E-state index in [1.807, 2.05) is 24.3 Å². The Morgan fingerprint density at radius 1 is 0.750 bits per heavy atom. The molecule has 3 aromatic carbocycles. The highest BCUT2D eigenvalue weighted by Gasteiger charge is 2.53. The number of para-hydroxylation sites is 1. The fraction of sp³-hybridized carbons (Fsp3) is 0.194. The first-order valence-electron chi connectivity index (χ1n) is 14.1. The van der Waals surface area contributed by atoms with Crippen LogP contribution in [0.15, 0.2) is 97.2 Å². The molecule has 4 heteroatoms. The molecule has 1 atom stereocenters. The predicted octanol–water partition coefficient (Wildman–Crippen LogP) is 8.22. The minimum absolute atomic E-state index is 0.287. The summed E-state index contributed by atoms with van der Waals surface area (Å²) in [6, 6.07) is 31.3. The maximum atomic E-state index is 13.8. The Labute approximate surface area is 234 Å². The van der Waals surface area contributed by atoms with Gasteiger partial charge in [-0.2, -0.15) is 0 Å². The number of carbonyl (C=O) groups excluding carboxylic acids is 1. The summed E-state index contributed by atoms with van der Waals surface area (Å²) in [6.45, 7) is 9.51. The lowest BCUT2D eigenvalue weighted by Crippen LogP contribution is -2.31. The van der Waals surface area contributed by atoms with Crippen molar-refractivity contribution in [3.8, 4) is 11.1 Å². The number of benzene rings is 3. The second-order valence-corrected chi connectivity index (χ2v) is 10.7. The van der Waals surface area contributed by atoms with Crippen molar-refractivity contribution in [2.75, 3.05) is 0 Å². The van der Waals surface area contributed by atoms with Gasteiger partial charge in [0.25, 0.3) is 0 Å². The van der Waals surface area contributed by atoms with Crippen LogP contribution in [0.4, 0.5) is 0 Å². The maximum Gasteiger partial charge on any atom is 0.340 e. The van der Waals surface area contributed by atoms with Crippen LogP contribution in [-0.4, -0.2) is 14.9 Å². The Balaban J connectivity index is 1.74. The molecule has 198 valence electrons. The van der Waals surface area contributed by atoms with Crippen molar-refractivity contribution < 1.29 is 9.53 Å². The lowest BCUT2D eigenvalue weighted by molar-refractivity contribution is 0.0259. The fourth-order valence-corrected chi connectivity index (χ4v) is 6.98. The summed E-state index contributed by atoms with van der Waals surface area (Å²) in [6.07, 6.45) is 3.18. The van der Waals surface area contributed by atoms with Crippen molar-refractivity contribution in [1.82, 2.24) is 8.97 Å². The second-order valence-electron chi connectivity index (χ2n) is 10.7. The van der Waals surface area contributed by atoms with Crippen molar-refractivity contribution >= 4 is 22.4 Å². The van der Waals surface area contributed by atoms with E-state index in [4.69, 9.17) is 4.74 Å². The molecule has 0 fully saturated rings. The van der Waals surface area contributed by atoms with Gasteiger partial charge in [-0.1, -0.05) is 79.7 Å². The van der Waals surface area contributed by atoms with Gasteiger partial charge in [-0.15, -0.1) is 0 Å². The molecule has 0 saturated heterocycles. The summed E-state index contributed by atoms with van der Waals surface area (Å²) in [5.74, 6) is -0.287. The molecule has 7 rings (SSSR count). The fourth-order valence-electron chi connectivity index (χ4n) is 6.98. The maximum absolute atomic E-state index is 13.8. The molecule has 1 unspecified atom stereocenters. The standard InChI is InChI=1S/C36H32N2O2/c1-5-25-20-21-31-34(32(23(3)38(31)22-25)26-14-8-7-9-15-26)36(29-18-12-10-16-27(29)35(39)40-36)33-24(4)37(6-2)30-19-13-11-17-28(30)33/h7-22H,5-6H2,1-4H3. The lowest BCUT2D eigenvalue weighted by atomic mass is 9.76. The van der Waals surface area contributed by atoms with Gasteiger partial charge in [0.05, 0.1) is 11.1 Å². The first-order chi connectivity index (χ1) is 19.5. The van der Waals surface area contributed by atoms with Gasteiger partial charge in [0.2, 0.25) is 0 Å². The van der Waals surface area contributed by atoms with E-state index < -0.39 is 5.60 Å². The number of nitrogens with zero attached hydrogens (tertiary/aromatic N) is 2. The number of pyridine rings is 1. The first kappa shape index (κ1) is 24.5. The minimum Gasteiger partial charge on any atom is -0.440 e. The van der Waals surface area contributed by atoms with Gasteiger partial charge in [0.15, 0.2) is 5.60 Å². The van der Waals surface area contributed by atoms with E-state index in [9.17, 15) is 4.79 Å². The number of cyclic esters (lactones) is 1. The number of aryl methyl sites for hydroxylation is 3. The van der Waals surface area contributed by atoms with Crippen LogP contribution in [0.25, 0.3) is 27.5 Å². The van der Waals surface area contributed by atoms with Gasteiger partial charge in [0, 0.05) is 57.3 Å². The monoisotopic (exact) mass is 524 g/mol. The zero-order chi connectivity index (χ0) is 27.6. The Kier molecular flexibility index (Phi) is 5.50. The number of carbonyl (C=O) groups is 1. The van der Waals surface area contributed by atoms with Crippen molar-refractivity contribution in [3.05, 3.63) is 136 Å². The van der Waals surface area contributed by atoms with Gasteiger partial charge >= 0.3 is 5.97 Å². The van der Waals surface area contributed by atoms with Gasteiger partial charge in [-0.05, 0) is 56.5 Å². The van der Waals surface area contributed by atoms with Crippen LogP contribution in [0.5, 0.6) is 0 Å². The minimum atomic E-state index is -1.13. The first-order valence-corrected chi connectivity index (χ1v) is 14.1. The molecule has 0 radical (unpaired) electrons. The number of aromatic nitrogens is 2. The van der Waals surface area contributed by atoms with Gasteiger partial charge in [0.1, 0.15) is 0 Å². The van der Waals surface area contributed by atoms with E-state index >= 15 is 0 Å². The van der Waals surface area contributed by atoms with E-state index in [1.54, 1.807) is 0 Å². The number of hydrogen-bond donors (Lipinski definition) is 0. The Morgan fingerprint density at radius 3 is 2.25 bits per heavy atom. The second kappa shape index (κ2) is 8.99. The lowest BCUT2D eigenvalue weighted by Gasteiger charge is -2.32. The van der Waals surface area contributed by atoms with Crippen LogP contribution in [0, 0.1) is 13.8 Å². The molecule has 4 nitrogen and oxygen atoms in total. The third-order valence-corrected chi connectivity index (χ3v) is 8.73. The topological polar surface area (TPSA) is 35.6 Å². The van der Waals surface area contributed by atoms with E-state index in [-0.39, 0.29) is 5.97 Å². The van der Waals surface area contributed by atoms with E-state index in [0.29, 0.717) is 5.56 Å². The molecule has 0 spiro atoms. The van der Waals surface area contributed by atoms with Crippen LogP contribution < -0.4 is 0 Å². The van der Waals surface area contributed by atoms with E-state index in [1.165, 1.54) is 5.56 Å². The average molecular weight is 525 g/mol. The van der Waals surface area contributed by atoms with Crippen LogP contribution in [-0.2, 0) is 23.3 Å². The Bertz CT molecular complexity index is 1940. The quantitative estimate of drug-likeness (QED) is 0.213. The van der Waals surface area contributed by atoms with Crippen LogP contribution in [0.1, 0.15) is 57.8 Å². The number of ether oxygens (including phenoxy) is 1. The molecular formula is C36H32N2O2. The van der Waals surface area contributed by atoms with Crippen molar-refractivity contribution in [2.24, 2.45) is 0 Å². The zero-order valence-electron chi connectivity index (χ0n) is 23.4. The third kappa shape index (κ3) is 3.16. The van der Waals surface area contributed by atoms with E-state index in [2.05, 4.69) is 110 Å². The highest BCUT2D eigenvalue weighted by atomic mass is 16.6. The molecule has 0 N–H and O–H groups in total. The molecule has 0 bridgehead atoms. The molecule has 3 aromatic heterocycles.